The van der Waals surface area contributed by atoms with Gasteiger partial charge in [-0.25, -0.2) is 4.79 Å². The summed E-state index contributed by atoms with van der Waals surface area (Å²) in [6, 6.07) is 9.41. The topological polar surface area (TPSA) is 95.3 Å². The summed E-state index contributed by atoms with van der Waals surface area (Å²) in [7, 11) is 0. The van der Waals surface area contributed by atoms with Crippen LogP contribution in [0.4, 0.5) is 4.79 Å². The van der Waals surface area contributed by atoms with E-state index >= 15 is 0 Å². The fraction of sp³-hybridized carbons (Fsp3) is 0.455. The van der Waals surface area contributed by atoms with E-state index in [1.807, 2.05) is 23.1 Å². The molecule has 0 atom stereocenters. The number of ether oxygens (including phenoxy) is 1. The molecule has 1 aliphatic rings. The zero-order chi connectivity index (χ0) is 21.2. The van der Waals surface area contributed by atoms with E-state index in [9.17, 15) is 9.59 Å². The molecule has 0 spiro atoms. The molecule has 0 bridgehead atoms. The highest BCUT2D eigenvalue weighted by molar-refractivity contribution is 7.17. The summed E-state index contributed by atoms with van der Waals surface area (Å²) in [6.45, 7) is 1.92. The second kappa shape index (κ2) is 11.3. The number of unbranched alkanes of at least 4 members (excludes halogenated alkanes) is 3. The molecule has 1 fully saturated rings. The van der Waals surface area contributed by atoms with E-state index in [0.29, 0.717) is 17.8 Å². The maximum atomic E-state index is 13.1. The molecule has 8 heteroatoms. The first-order valence-electron chi connectivity index (χ1n) is 10.4. The minimum absolute atomic E-state index is 0.0961. The van der Waals surface area contributed by atoms with Crippen molar-refractivity contribution >= 4 is 23.3 Å². The van der Waals surface area contributed by atoms with Gasteiger partial charge in [0.05, 0.1) is 16.6 Å². The average Bonchev–Trinajstić information content (AvgIpc) is 3.20. The number of nitrogens with zero attached hydrogens (tertiary/aromatic N) is 3. The third-order valence-corrected chi connectivity index (χ3v) is 6.02. The quantitative estimate of drug-likeness (QED) is 0.622. The fourth-order valence-corrected chi connectivity index (χ4v) is 4.34. The van der Waals surface area contributed by atoms with E-state index in [1.54, 1.807) is 12.3 Å². The van der Waals surface area contributed by atoms with Gasteiger partial charge >= 0.3 is 6.09 Å². The van der Waals surface area contributed by atoms with Crippen LogP contribution in [-0.4, -0.2) is 41.5 Å². The Morgan fingerprint density at radius 2 is 2.03 bits per heavy atom. The summed E-state index contributed by atoms with van der Waals surface area (Å²) >= 11 is 1.30. The van der Waals surface area contributed by atoms with Gasteiger partial charge in [0.25, 0.3) is 5.91 Å². The number of aromatic nitrogens is 1. The molecule has 1 aliphatic heterocycles. The lowest BCUT2D eigenvalue weighted by molar-refractivity contribution is 0.0727. The molecule has 3 heterocycles. The van der Waals surface area contributed by atoms with Gasteiger partial charge in [-0.05, 0) is 44.2 Å². The van der Waals surface area contributed by atoms with Crippen molar-refractivity contribution in [1.29, 1.82) is 5.26 Å². The van der Waals surface area contributed by atoms with E-state index < -0.39 is 6.09 Å². The number of pyridine rings is 1. The summed E-state index contributed by atoms with van der Waals surface area (Å²) in [5.41, 5.74) is 0.739. The van der Waals surface area contributed by atoms with Crippen molar-refractivity contribution in [1.82, 2.24) is 15.2 Å². The Labute approximate surface area is 180 Å². The largest absolute Gasteiger partial charge is 0.412 e. The Bertz CT molecular complexity index is 886. The number of likely N-dealkylation sites (tertiary alicyclic amines) is 1. The van der Waals surface area contributed by atoms with Gasteiger partial charge in [0.2, 0.25) is 0 Å². The molecule has 7 nitrogen and oxygen atoms in total. The Balaban J connectivity index is 1.69. The van der Waals surface area contributed by atoms with E-state index in [0.717, 1.165) is 62.2 Å². The Morgan fingerprint density at radius 1 is 1.20 bits per heavy atom. The molecule has 30 heavy (non-hydrogen) atoms. The predicted octanol–water partition coefficient (Wildman–Crippen LogP) is 4.61. The van der Waals surface area contributed by atoms with Gasteiger partial charge in [0, 0.05) is 38.3 Å². The third kappa shape index (κ3) is 6.04. The molecule has 1 saturated heterocycles. The number of thiophene rings is 1. The van der Waals surface area contributed by atoms with Crippen molar-refractivity contribution in [2.45, 2.75) is 44.9 Å². The van der Waals surface area contributed by atoms with Crippen LogP contribution in [0.25, 0.3) is 10.6 Å². The molecule has 2 aromatic heterocycles. The summed E-state index contributed by atoms with van der Waals surface area (Å²) in [5.74, 6) is 0.180. The molecule has 1 N–H and O–H groups in total. The van der Waals surface area contributed by atoms with Crippen molar-refractivity contribution in [3.05, 3.63) is 35.3 Å². The number of piperidine rings is 1. The molecule has 3 rings (SSSR count). The van der Waals surface area contributed by atoms with Crippen LogP contribution in [0.1, 0.15) is 54.6 Å². The molecule has 0 radical (unpaired) electrons. The summed E-state index contributed by atoms with van der Waals surface area (Å²) in [5, 5.41) is 11.3. The smallest absolute Gasteiger partial charge is 0.409 e. The average molecular weight is 427 g/mol. The number of carbonyl (C=O) groups is 2. The van der Waals surface area contributed by atoms with Crippen molar-refractivity contribution in [3.8, 4) is 22.4 Å². The van der Waals surface area contributed by atoms with E-state index in [4.69, 9.17) is 10.00 Å². The van der Waals surface area contributed by atoms with E-state index in [2.05, 4.69) is 16.4 Å². The van der Waals surface area contributed by atoms with Crippen molar-refractivity contribution in [2.75, 3.05) is 19.6 Å². The van der Waals surface area contributed by atoms with Gasteiger partial charge in [-0.1, -0.05) is 12.5 Å². The highest BCUT2D eigenvalue weighted by Gasteiger charge is 2.26. The van der Waals surface area contributed by atoms with Crippen LogP contribution < -0.4 is 10.1 Å². The van der Waals surface area contributed by atoms with Crippen LogP contribution in [-0.2, 0) is 0 Å². The lowest BCUT2D eigenvalue weighted by Gasteiger charge is -2.26. The first kappa shape index (κ1) is 21.8. The van der Waals surface area contributed by atoms with Crippen LogP contribution in [0, 0.1) is 11.3 Å². The van der Waals surface area contributed by atoms with Crippen LogP contribution in [0.2, 0.25) is 0 Å². The number of nitrogens with one attached hydrogen (secondary N) is 1. The van der Waals surface area contributed by atoms with Crippen LogP contribution in [0.15, 0.2) is 30.5 Å². The van der Waals surface area contributed by atoms with E-state index in [1.165, 1.54) is 11.3 Å². The molecule has 158 valence electrons. The first-order chi connectivity index (χ1) is 14.7. The third-order valence-electron chi connectivity index (χ3n) is 4.89. The molecule has 2 amide bonds. The number of amides is 2. The lowest BCUT2D eigenvalue weighted by Crippen LogP contribution is -2.35. The second-order valence-electron chi connectivity index (χ2n) is 7.16. The van der Waals surface area contributed by atoms with Gasteiger partial charge in [-0.3, -0.25) is 9.78 Å². The zero-order valence-electron chi connectivity index (χ0n) is 16.9. The van der Waals surface area contributed by atoms with E-state index in [-0.39, 0.29) is 11.7 Å². The van der Waals surface area contributed by atoms with Crippen LogP contribution in [0.5, 0.6) is 5.75 Å². The normalized spacial score (nSPS) is 13.5. The number of hydrogen-bond acceptors (Lipinski definition) is 6. The molecule has 0 unspecified atom stereocenters. The number of nitriles is 1. The maximum absolute atomic E-state index is 13.1. The molecule has 0 saturated carbocycles. The Hall–Kier alpha value is -2.92. The summed E-state index contributed by atoms with van der Waals surface area (Å²) < 4.78 is 5.52. The Morgan fingerprint density at radius 3 is 2.77 bits per heavy atom. The van der Waals surface area contributed by atoms with Crippen LogP contribution in [0.3, 0.4) is 0 Å². The van der Waals surface area contributed by atoms with Crippen LogP contribution >= 0.6 is 11.3 Å². The predicted molar refractivity (Wildman–Crippen MR) is 115 cm³/mol. The summed E-state index contributed by atoms with van der Waals surface area (Å²) in [4.78, 5) is 32.8. The lowest BCUT2D eigenvalue weighted by atomic mass is 10.1. The number of hydrogen-bond donors (Lipinski definition) is 1. The Kier molecular flexibility index (Phi) is 8.21. The highest BCUT2D eigenvalue weighted by Crippen LogP contribution is 2.36. The molecular formula is C22H26N4O3S. The van der Waals surface area contributed by atoms with Gasteiger partial charge in [-0.15, -0.1) is 11.3 Å². The van der Waals surface area contributed by atoms with Crippen molar-refractivity contribution in [3.63, 3.8) is 0 Å². The highest BCUT2D eigenvalue weighted by atomic mass is 32.1. The summed E-state index contributed by atoms with van der Waals surface area (Å²) in [6.07, 6.45) is 7.23. The minimum Gasteiger partial charge on any atom is -0.409 e. The molecule has 2 aromatic rings. The molecule has 0 aliphatic carbocycles. The van der Waals surface area contributed by atoms with Gasteiger partial charge in [0.1, 0.15) is 4.88 Å². The monoisotopic (exact) mass is 426 g/mol. The molecular weight excluding hydrogens is 400 g/mol. The van der Waals surface area contributed by atoms with Crippen molar-refractivity contribution < 1.29 is 14.3 Å². The van der Waals surface area contributed by atoms with Crippen molar-refractivity contribution in [2.24, 2.45) is 0 Å². The first-order valence-corrected chi connectivity index (χ1v) is 11.2. The fourth-order valence-electron chi connectivity index (χ4n) is 3.31. The van der Waals surface area contributed by atoms with Gasteiger partial charge < -0.3 is 15.0 Å². The van der Waals surface area contributed by atoms with Gasteiger partial charge in [-0.2, -0.15) is 5.26 Å². The number of carbonyl (C=O) groups excluding carboxylic acids is 2. The van der Waals surface area contributed by atoms with Gasteiger partial charge in [0.15, 0.2) is 5.75 Å². The number of rotatable bonds is 8. The zero-order valence-corrected chi connectivity index (χ0v) is 17.7. The minimum atomic E-state index is -0.576. The maximum Gasteiger partial charge on any atom is 0.412 e. The standard InChI is InChI=1S/C22H26N4O3S/c23-11-5-1-2-6-13-25-22(28)29-18-16-19(17-10-4-7-12-24-17)30-20(18)21(27)26-14-8-3-9-15-26/h4,7,10,12,16H,1-3,5-6,8-9,13-15H2,(H,25,28). The SMILES string of the molecule is N#CCCCCCNC(=O)Oc1cc(-c2ccccn2)sc1C(=O)N1CCCCC1. The second-order valence-corrected chi connectivity index (χ2v) is 8.21. The molecule has 0 aromatic carbocycles.